The van der Waals surface area contributed by atoms with Gasteiger partial charge in [-0.3, -0.25) is 0 Å². The van der Waals surface area contributed by atoms with Gasteiger partial charge in [0.1, 0.15) is 0 Å². The van der Waals surface area contributed by atoms with Gasteiger partial charge in [0.15, 0.2) is 0 Å². The molecule has 0 atom stereocenters. The first-order chi connectivity index (χ1) is 21.3. The van der Waals surface area contributed by atoms with Crippen molar-refractivity contribution < 1.29 is 0 Å². The van der Waals surface area contributed by atoms with Gasteiger partial charge in [0.25, 0.3) is 0 Å². The molecule has 43 heavy (non-hydrogen) atoms. The smallest absolute Gasteiger partial charge is 0.0541 e. The van der Waals surface area contributed by atoms with Gasteiger partial charge >= 0.3 is 0 Å². The van der Waals surface area contributed by atoms with Gasteiger partial charge in [0.05, 0.1) is 16.7 Å². The highest BCUT2D eigenvalue weighted by Crippen LogP contribution is 2.43. The second-order valence-corrected chi connectivity index (χ2v) is 12.1. The second kappa shape index (κ2) is 9.59. The van der Waals surface area contributed by atoms with E-state index in [1.807, 2.05) is 11.3 Å². The lowest BCUT2D eigenvalue weighted by atomic mass is 10.1. The van der Waals surface area contributed by atoms with Crippen LogP contribution in [0.2, 0.25) is 0 Å². The Labute approximate surface area is 253 Å². The first-order valence-corrected chi connectivity index (χ1v) is 15.4. The summed E-state index contributed by atoms with van der Waals surface area (Å²) in [6.45, 7) is 0. The molecule has 0 aliphatic rings. The Morgan fingerprint density at radius 2 is 1.09 bits per heavy atom. The molecule has 0 unspecified atom stereocenters. The van der Waals surface area contributed by atoms with E-state index in [0.29, 0.717) is 0 Å². The molecule has 0 spiro atoms. The first kappa shape index (κ1) is 24.2. The van der Waals surface area contributed by atoms with Gasteiger partial charge in [-0.15, -0.1) is 11.3 Å². The standard InChI is InChI=1S/C40H26N2S/c1-2-13-28(14-3-1)41(36-20-10-12-27-11-4-5-15-31(27)36)30-21-23-34-35-25-29(22-24-39(35)43-40(34)26-30)42-37-18-8-6-16-32(37)33-17-7-9-19-38(33)42/h1-26H. The molecular formula is C40H26N2S. The SMILES string of the molecule is c1ccc(N(c2ccc3c(c2)sc2ccc(-n4c5ccccc5c5ccccc54)cc23)c2cccc3ccccc23)cc1. The van der Waals surface area contributed by atoms with Gasteiger partial charge in [-0.25, -0.2) is 0 Å². The molecule has 0 N–H and O–H groups in total. The molecular weight excluding hydrogens is 541 g/mol. The highest BCUT2D eigenvalue weighted by Gasteiger charge is 2.17. The molecule has 9 rings (SSSR count). The predicted octanol–water partition coefficient (Wildman–Crippen LogP) is 11.8. The number of rotatable bonds is 4. The summed E-state index contributed by atoms with van der Waals surface area (Å²) in [4.78, 5) is 2.38. The first-order valence-electron chi connectivity index (χ1n) is 14.6. The number of thiophene rings is 1. The minimum absolute atomic E-state index is 1.15. The van der Waals surface area contributed by atoms with Crippen LogP contribution in [0, 0.1) is 0 Å². The third-order valence-electron chi connectivity index (χ3n) is 8.56. The van der Waals surface area contributed by atoms with E-state index in [1.165, 1.54) is 64.1 Å². The summed E-state index contributed by atoms with van der Waals surface area (Å²) in [5.74, 6) is 0. The molecule has 0 amide bonds. The molecule has 0 saturated carbocycles. The fourth-order valence-corrected chi connectivity index (χ4v) is 7.76. The van der Waals surface area contributed by atoms with Crippen molar-refractivity contribution >= 4 is 81.1 Å². The summed E-state index contributed by atoms with van der Waals surface area (Å²) in [6, 6.07) is 57.2. The zero-order chi connectivity index (χ0) is 28.3. The number of fused-ring (bicyclic) bond motifs is 7. The number of hydrogen-bond acceptors (Lipinski definition) is 2. The van der Waals surface area contributed by atoms with Crippen LogP contribution in [0.1, 0.15) is 0 Å². The Balaban J connectivity index is 1.24. The van der Waals surface area contributed by atoms with Crippen LogP contribution in [0.5, 0.6) is 0 Å². The number of anilines is 3. The van der Waals surface area contributed by atoms with Crippen molar-refractivity contribution in [3.8, 4) is 5.69 Å². The van der Waals surface area contributed by atoms with E-state index in [2.05, 4.69) is 167 Å². The maximum Gasteiger partial charge on any atom is 0.0541 e. The van der Waals surface area contributed by atoms with E-state index in [0.717, 1.165) is 11.4 Å². The van der Waals surface area contributed by atoms with E-state index >= 15 is 0 Å². The average Bonchev–Trinajstić information content (AvgIpc) is 3.60. The van der Waals surface area contributed by atoms with E-state index in [4.69, 9.17) is 0 Å². The topological polar surface area (TPSA) is 8.17 Å². The van der Waals surface area contributed by atoms with Gasteiger partial charge in [0.2, 0.25) is 0 Å². The van der Waals surface area contributed by atoms with Crippen molar-refractivity contribution in [2.75, 3.05) is 4.90 Å². The van der Waals surface area contributed by atoms with Gasteiger partial charge in [-0.1, -0.05) is 97.1 Å². The molecule has 0 bridgehead atoms. The van der Waals surface area contributed by atoms with Gasteiger partial charge in [-0.2, -0.15) is 0 Å². The van der Waals surface area contributed by atoms with Crippen molar-refractivity contribution in [2.24, 2.45) is 0 Å². The Kier molecular flexibility index (Phi) is 5.40. The third-order valence-corrected chi connectivity index (χ3v) is 9.69. The van der Waals surface area contributed by atoms with Crippen LogP contribution in [0.4, 0.5) is 17.1 Å². The molecule has 202 valence electrons. The van der Waals surface area contributed by atoms with Crippen LogP contribution in [-0.2, 0) is 0 Å². The lowest BCUT2D eigenvalue weighted by molar-refractivity contribution is 1.19. The van der Waals surface area contributed by atoms with Gasteiger partial charge in [0, 0.05) is 53.4 Å². The number of para-hydroxylation sites is 3. The van der Waals surface area contributed by atoms with E-state index < -0.39 is 0 Å². The average molecular weight is 567 g/mol. The molecule has 2 aromatic heterocycles. The number of benzene rings is 7. The van der Waals surface area contributed by atoms with Crippen LogP contribution >= 0.6 is 11.3 Å². The molecule has 0 saturated heterocycles. The zero-order valence-electron chi connectivity index (χ0n) is 23.3. The summed E-state index contributed by atoms with van der Waals surface area (Å²) >= 11 is 1.86. The van der Waals surface area contributed by atoms with Crippen LogP contribution in [0.25, 0.3) is 58.4 Å². The third kappa shape index (κ3) is 3.79. The van der Waals surface area contributed by atoms with Gasteiger partial charge < -0.3 is 9.47 Å². The van der Waals surface area contributed by atoms with E-state index in [9.17, 15) is 0 Å². The molecule has 9 aromatic rings. The van der Waals surface area contributed by atoms with E-state index in [-0.39, 0.29) is 0 Å². The zero-order valence-corrected chi connectivity index (χ0v) is 24.1. The van der Waals surface area contributed by atoms with Crippen LogP contribution in [0.3, 0.4) is 0 Å². The van der Waals surface area contributed by atoms with Gasteiger partial charge in [-0.05, 0) is 66.0 Å². The Morgan fingerprint density at radius 3 is 1.88 bits per heavy atom. The molecule has 0 aliphatic heterocycles. The normalized spacial score (nSPS) is 11.7. The fourth-order valence-electron chi connectivity index (χ4n) is 6.64. The van der Waals surface area contributed by atoms with Crippen molar-refractivity contribution in [3.05, 3.63) is 158 Å². The monoisotopic (exact) mass is 566 g/mol. The largest absolute Gasteiger partial charge is 0.310 e. The van der Waals surface area contributed by atoms with Crippen LogP contribution in [-0.4, -0.2) is 4.57 Å². The maximum absolute atomic E-state index is 2.40. The summed E-state index contributed by atoms with van der Waals surface area (Å²) in [5, 5.41) is 7.63. The van der Waals surface area contributed by atoms with Crippen molar-refractivity contribution in [1.29, 1.82) is 0 Å². The second-order valence-electron chi connectivity index (χ2n) is 11.0. The highest BCUT2D eigenvalue weighted by atomic mass is 32.1. The molecule has 0 radical (unpaired) electrons. The van der Waals surface area contributed by atoms with E-state index in [1.54, 1.807) is 0 Å². The van der Waals surface area contributed by atoms with Crippen molar-refractivity contribution in [2.45, 2.75) is 0 Å². The quantitative estimate of drug-likeness (QED) is 0.206. The summed E-state index contributed by atoms with van der Waals surface area (Å²) in [7, 11) is 0. The molecule has 3 heteroatoms. The lowest BCUT2D eigenvalue weighted by Gasteiger charge is -2.27. The lowest BCUT2D eigenvalue weighted by Crippen LogP contribution is -2.10. The van der Waals surface area contributed by atoms with Crippen LogP contribution < -0.4 is 4.90 Å². The molecule has 7 aromatic carbocycles. The molecule has 0 aliphatic carbocycles. The predicted molar refractivity (Wildman–Crippen MR) is 186 cm³/mol. The minimum Gasteiger partial charge on any atom is -0.310 e. The number of hydrogen-bond donors (Lipinski definition) is 0. The van der Waals surface area contributed by atoms with Crippen LogP contribution in [0.15, 0.2) is 158 Å². The molecule has 0 fully saturated rings. The summed E-state index contributed by atoms with van der Waals surface area (Å²) in [5.41, 5.74) is 7.14. The number of nitrogens with zero attached hydrogens (tertiary/aromatic N) is 2. The fraction of sp³-hybridized carbons (Fsp3) is 0. The highest BCUT2D eigenvalue weighted by molar-refractivity contribution is 7.25. The Morgan fingerprint density at radius 1 is 0.419 bits per heavy atom. The summed E-state index contributed by atoms with van der Waals surface area (Å²) in [6.07, 6.45) is 0. The molecule has 2 nitrogen and oxygen atoms in total. The van der Waals surface area contributed by atoms with Crippen molar-refractivity contribution in [3.63, 3.8) is 0 Å². The number of aromatic nitrogens is 1. The minimum atomic E-state index is 1.15. The van der Waals surface area contributed by atoms with Crippen molar-refractivity contribution in [1.82, 2.24) is 4.57 Å². The Hall–Kier alpha value is -5.38. The maximum atomic E-state index is 2.40. The molecule has 2 heterocycles. The summed E-state index contributed by atoms with van der Waals surface area (Å²) < 4.78 is 4.99. The Bertz CT molecular complexity index is 2410.